The van der Waals surface area contributed by atoms with Gasteiger partial charge in [-0.25, -0.2) is 0 Å². The van der Waals surface area contributed by atoms with Crippen molar-refractivity contribution in [2.24, 2.45) is 5.92 Å². The zero-order valence-corrected chi connectivity index (χ0v) is 9.66. The third kappa shape index (κ3) is 4.40. The molecule has 1 rings (SSSR count). The van der Waals surface area contributed by atoms with Gasteiger partial charge >= 0.3 is 0 Å². The first-order chi connectivity index (χ1) is 6.58. The summed E-state index contributed by atoms with van der Waals surface area (Å²) >= 11 is 0. The average Bonchev–Trinajstić information content (AvgIpc) is 2.48. The summed E-state index contributed by atoms with van der Waals surface area (Å²) in [7, 11) is 2.16. The Morgan fingerprint density at radius 3 is 2.71 bits per heavy atom. The Morgan fingerprint density at radius 1 is 1.50 bits per heavy atom. The lowest BCUT2D eigenvalue weighted by atomic mass is 10.1. The van der Waals surface area contributed by atoms with E-state index in [1.807, 2.05) is 0 Å². The number of likely N-dealkylation sites (N-methyl/N-ethyl adjacent to an activating group) is 1. The van der Waals surface area contributed by atoms with Gasteiger partial charge in [0.2, 0.25) is 0 Å². The van der Waals surface area contributed by atoms with Gasteiger partial charge in [-0.15, -0.1) is 0 Å². The highest BCUT2D eigenvalue weighted by Crippen LogP contribution is 2.08. The largest absolute Gasteiger partial charge is 0.392 e. The number of aliphatic hydroxyl groups is 1. The first-order valence-electron chi connectivity index (χ1n) is 5.68. The van der Waals surface area contributed by atoms with Gasteiger partial charge in [-0.3, -0.25) is 0 Å². The lowest BCUT2D eigenvalue weighted by Crippen LogP contribution is -2.36. The molecular weight excluding hydrogens is 176 g/mol. The van der Waals surface area contributed by atoms with Crippen molar-refractivity contribution in [3.63, 3.8) is 0 Å². The van der Waals surface area contributed by atoms with Gasteiger partial charge in [-0.2, -0.15) is 0 Å². The van der Waals surface area contributed by atoms with Crippen molar-refractivity contribution in [3.8, 4) is 0 Å². The molecule has 1 aliphatic heterocycles. The molecule has 3 nitrogen and oxygen atoms in total. The van der Waals surface area contributed by atoms with Crippen LogP contribution in [0.25, 0.3) is 0 Å². The zero-order valence-electron chi connectivity index (χ0n) is 9.66. The van der Waals surface area contributed by atoms with Gasteiger partial charge in [0.25, 0.3) is 0 Å². The molecule has 0 radical (unpaired) electrons. The summed E-state index contributed by atoms with van der Waals surface area (Å²) in [6.07, 6.45) is 2.04. The molecule has 14 heavy (non-hydrogen) atoms. The van der Waals surface area contributed by atoms with Crippen molar-refractivity contribution < 1.29 is 5.11 Å². The fourth-order valence-electron chi connectivity index (χ4n) is 1.88. The Hall–Kier alpha value is -0.120. The number of nitrogens with one attached hydrogen (secondary N) is 1. The summed E-state index contributed by atoms with van der Waals surface area (Å²) in [5, 5.41) is 12.7. The molecular formula is C11H24N2O. The van der Waals surface area contributed by atoms with Crippen LogP contribution in [0.5, 0.6) is 0 Å². The van der Waals surface area contributed by atoms with Crippen molar-refractivity contribution >= 4 is 0 Å². The molecule has 0 bridgehead atoms. The zero-order chi connectivity index (χ0) is 10.6. The average molecular weight is 200 g/mol. The maximum atomic E-state index is 9.35. The third-order valence-corrected chi connectivity index (χ3v) is 2.82. The van der Waals surface area contributed by atoms with Crippen LogP contribution >= 0.6 is 0 Å². The van der Waals surface area contributed by atoms with E-state index in [-0.39, 0.29) is 6.10 Å². The van der Waals surface area contributed by atoms with E-state index < -0.39 is 0 Å². The maximum absolute atomic E-state index is 9.35. The van der Waals surface area contributed by atoms with Crippen LogP contribution in [0.2, 0.25) is 0 Å². The van der Waals surface area contributed by atoms with Crippen molar-refractivity contribution in [2.75, 3.05) is 26.7 Å². The van der Waals surface area contributed by atoms with Crippen LogP contribution in [-0.2, 0) is 0 Å². The monoisotopic (exact) mass is 200 g/mol. The van der Waals surface area contributed by atoms with Crippen LogP contribution in [0.4, 0.5) is 0 Å². The van der Waals surface area contributed by atoms with E-state index in [2.05, 4.69) is 31.1 Å². The summed E-state index contributed by atoms with van der Waals surface area (Å²) in [4.78, 5) is 2.36. The molecule has 2 unspecified atom stereocenters. The smallest absolute Gasteiger partial charge is 0.0680 e. The summed E-state index contributed by atoms with van der Waals surface area (Å²) in [6.45, 7) is 7.50. The molecule has 0 aliphatic carbocycles. The Balaban J connectivity index is 2.10. The summed E-state index contributed by atoms with van der Waals surface area (Å²) < 4.78 is 0. The molecule has 0 spiro atoms. The Kier molecular flexibility index (Phi) is 4.85. The SMILES string of the molecule is CC(C)CCN(C)CC1CC(O)CN1. The molecule has 84 valence electrons. The molecule has 1 fully saturated rings. The minimum Gasteiger partial charge on any atom is -0.392 e. The number of β-amino-alcohol motifs (C(OH)–C–C–N with tert-alkyl or cyclic N) is 1. The predicted octanol–water partition coefficient (Wildman–Crippen LogP) is 0.687. The van der Waals surface area contributed by atoms with Crippen LogP contribution in [0.15, 0.2) is 0 Å². The standard InChI is InChI=1S/C11H24N2O/c1-9(2)4-5-13(3)8-10-6-11(14)7-12-10/h9-12,14H,4-8H2,1-3H3. The number of hydrogen-bond donors (Lipinski definition) is 2. The molecule has 0 saturated carbocycles. The Morgan fingerprint density at radius 2 is 2.21 bits per heavy atom. The lowest BCUT2D eigenvalue weighted by Gasteiger charge is -2.21. The predicted molar refractivity (Wildman–Crippen MR) is 59.4 cm³/mol. The molecule has 0 aromatic heterocycles. The summed E-state index contributed by atoms with van der Waals surface area (Å²) in [5.74, 6) is 0.777. The van der Waals surface area contributed by atoms with Gasteiger partial charge in [0.1, 0.15) is 0 Å². The van der Waals surface area contributed by atoms with E-state index in [0.29, 0.717) is 6.04 Å². The molecule has 0 aromatic carbocycles. The molecule has 0 aromatic rings. The quantitative estimate of drug-likeness (QED) is 0.685. The second-order valence-corrected chi connectivity index (χ2v) is 4.94. The molecule has 1 aliphatic rings. The Bertz CT molecular complexity index is 161. The van der Waals surface area contributed by atoms with Gasteiger partial charge in [0, 0.05) is 19.1 Å². The van der Waals surface area contributed by atoms with E-state index in [4.69, 9.17) is 0 Å². The third-order valence-electron chi connectivity index (χ3n) is 2.82. The normalized spacial score (nSPS) is 27.9. The minimum atomic E-state index is -0.126. The van der Waals surface area contributed by atoms with Crippen molar-refractivity contribution in [1.29, 1.82) is 0 Å². The number of nitrogens with zero attached hydrogens (tertiary/aromatic N) is 1. The van der Waals surface area contributed by atoms with E-state index in [1.165, 1.54) is 6.42 Å². The molecule has 0 amide bonds. The molecule has 2 atom stereocenters. The van der Waals surface area contributed by atoms with Crippen molar-refractivity contribution in [2.45, 2.75) is 38.8 Å². The molecule has 3 heteroatoms. The van der Waals surface area contributed by atoms with E-state index >= 15 is 0 Å². The first-order valence-corrected chi connectivity index (χ1v) is 5.68. The van der Waals surface area contributed by atoms with Crippen LogP contribution in [0.1, 0.15) is 26.7 Å². The first kappa shape index (κ1) is 12.0. The van der Waals surface area contributed by atoms with Crippen molar-refractivity contribution in [1.82, 2.24) is 10.2 Å². The highest BCUT2D eigenvalue weighted by molar-refractivity contribution is 4.82. The van der Waals surface area contributed by atoms with Gasteiger partial charge in [0.15, 0.2) is 0 Å². The van der Waals surface area contributed by atoms with Crippen LogP contribution in [-0.4, -0.2) is 48.8 Å². The van der Waals surface area contributed by atoms with Gasteiger partial charge in [-0.1, -0.05) is 13.8 Å². The van der Waals surface area contributed by atoms with E-state index in [1.54, 1.807) is 0 Å². The van der Waals surface area contributed by atoms with Gasteiger partial charge in [-0.05, 0) is 32.4 Å². The number of hydrogen-bond acceptors (Lipinski definition) is 3. The van der Waals surface area contributed by atoms with Gasteiger partial charge < -0.3 is 15.3 Å². The fraction of sp³-hybridized carbons (Fsp3) is 1.00. The molecule has 2 N–H and O–H groups in total. The highest BCUT2D eigenvalue weighted by atomic mass is 16.3. The van der Waals surface area contributed by atoms with Crippen LogP contribution in [0, 0.1) is 5.92 Å². The lowest BCUT2D eigenvalue weighted by molar-refractivity contribution is 0.189. The van der Waals surface area contributed by atoms with Crippen LogP contribution < -0.4 is 5.32 Å². The van der Waals surface area contributed by atoms with Crippen molar-refractivity contribution in [3.05, 3.63) is 0 Å². The van der Waals surface area contributed by atoms with Crippen LogP contribution in [0.3, 0.4) is 0 Å². The summed E-state index contributed by atoms with van der Waals surface area (Å²) in [6, 6.07) is 0.488. The molecule has 1 heterocycles. The van der Waals surface area contributed by atoms with E-state index in [0.717, 1.165) is 32.0 Å². The van der Waals surface area contributed by atoms with Gasteiger partial charge in [0.05, 0.1) is 6.10 Å². The molecule has 1 saturated heterocycles. The fourth-order valence-corrected chi connectivity index (χ4v) is 1.88. The van der Waals surface area contributed by atoms with E-state index in [9.17, 15) is 5.11 Å². The number of aliphatic hydroxyl groups excluding tert-OH is 1. The maximum Gasteiger partial charge on any atom is 0.0680 e. The topological polar surface area (TPSA) is 35.5 Å². The number of rotatable bonds is 5. The second kappa shape index (κ2) is 5.69. The minimum absolute atomic E-state index is 0.126. The second-order valence-electron chi connectivity index (χ2n) is 4.94. The highest BCUT2D eigenvalue weighted by Gasteiger charge is 2.22. The summed E-state index contributed by atoms with van der Waals surface area (Å²) in [5.41, 5.74) is 0. The Labute approximate surface area is 87.5 Å².